The van der Waals surface area contributed by atoms with Crippen molar-refractivity contribution in [2.45, 2.75) is 52.7 Å². The zero-order chi connectivity index (χ0) is 13.1. The highest BCUT2D eigenvalue weighted by molar-refractivity contribution is 7.09. The van der Waals surface area contributed by atoms with Crippen molar-refractivity contribution in [2.24, 2.45) is 5.92 Å². The van der Waals surface area contributed by atoms with Crippen molar-refractivity contribution in [1.82, 2.24) is 10.3 Å². The number of nitrogens with zero attached hydrogens (tertiary/aromatic N) is 1. The van der Waals surface area contributed by atoms with E-state index in [-0.39, 0.29) is 5.92 Å². The van der Waals surface area contributed by atoms with E-state index in [0.717, 1.165) is 12.2 Å². The van der Waals surface area contributed by atoms with Crippen LogP contribution in [0.5, 0.6) is 0 Å². The summed E-state index contributed by atoms with van der Waals surface area (Å²) in [4.78, 5) is 4.55. The van der Waals surface area contributed by atoms with Crippen LogP contribution in [0.3, 0.4) is 0 Å². The van der Waals surface area contributed by atoms with Gasteiger partial charge in [0.15, 0.2) is 0 Å². The Morgan fingerprint density at radius 2 is 2.06 bits per heavy atom. The van der Waals surface area contributed by atoms with Gasteiger partial charge >= 0.3 is 0 Å². The third-order valence-corrected chi connectivity index (χ3v) is 4.29. The van der Waals surface area contributed by atoms with E-state index in [1.54, 1.807) is 11.3 Å². The van der Waals surface area contributed by atoms with E-state index in [0.29, 0.717) is 12.5 Å². The fraction of sp³-hybridized carbons (Fsp3) is 0.769. The summed E-state index contributed by atoms with van der Waals surface area (Å²) in [5.74, 6) is 0.740. The highest BCUT2D eigenvalue weighted by Gasteiger charge is 2.24. The Morgan fingerprint density at radius 3 is 2.53 bits per heavy atom. The molecule has 1 rings (SSSR count). The van der Waals surface area contributed by atoms with Gasteiger partial charge in [0.2, 0.25) is 0 Å². The van der Waals surface area contributed by atoms with E-state index in [1.165, 1.54) is 5.01 Å². The van der Waals surface area contributed by atoms with Crippen LogP contribution in [0.15, 0.2) is 5.38 Å². The summed E-state index contributed by atoms with van der Waals surface area (Å²) in [5, 5.41) is 16.6. The molecule has 0 aliphatic carbocycles. The van der Waals surface area contributed by atoms with Gasteiger partial charge in [-0.05, 0) is 12.8 Å². The molecule has 0 aromatic carbocycles. The molecule has 0 radical (unpaired) electrons. The van der Waals surface area contributed by atoms with Crippen LogP contribution in [0.1, 0.15) is 51.2 Å². The van der Waals surface area contributed by atoms with Gasteiger partial charge in [-0.25, -0.2) is 4.98 Å². The topological polar surface area (TPSA) is 45.2 Å². The summed E-state index contributed by atoms with van der Waals surface area (Å²) in [6.07, 6.45) is 0. The highest BCUT2D eigenvalue weighted by atomic mass is 32.1. The first kappa shape index (κ1) is 14.6. The van der Waals surface area contributed by atoms with Crippen molar-refractivity contribution in [3.63, 3.8) is 0 Å². The second kappa shape index (κ2) is 5.94. The molecule has 1 atom stereocenters. The van der Waals surface area contributed by atoms with Gasteiger partial charge in [-0.3, -0.25) is 0 Å². The van der Waals surface area contributed by atoms with E-state index >= 15 is 0 Å². The number of aliphatic hydroxyl groups is 1. The van der Waals surface area contributed by atoms with Gasteiger partial charge in [0.1, 0.15) is 0 Å². The zero-order valence-corrected chi connectivity index (χ0v) is 12.3. The molecule has 3 nitrogen and oxygen atoms in total. The van der Waals surface area contributed by atoms with Crippen molar-refractivity contribution >= 4 is 11.3 Å². The predicted molar refractivity (Wildman–Crippen MR) is 73.4 cm³/mol. The number of thiazole rings is 1. The van der Waals surface area contributed by atoms with Gasteiger partial charge in [-0.2, -0.15) is 0 Å². The lowest BCUT2D eigenvalue weighted by Crippen LogP contribution is -2.42. The lowest BCUT2D eigenvalue weighted by atomic mass is 9.92. The maximum absolute atomic E-state index is 10.1. The van der Waals surface area contributed by atoms with Crippen molar-refractivity contribution in [1.29, 1.82) is 0 Å². The normalized spacial score (nSPS) is 15.5. The molecule has 1 heterocycles. The molecule has 2 N–H and O–H groups in total. The fourth-order valence-corrected chi connectivity index (χ4v) is 2.15. The molecule has 0 aliphatic rings. The fourth-order valence-electron chi connectivity index (χ4n) is 1.32. The van der Waals surface area contributed by atoms with Gasteiger partial charge in [-0.15, -0.1) is 11.3 Å². The largest absolute Gasteiger partial charge is 0.389 e. The molecule has 1 unspecified atom stereocenters. The second-order valence-electron chi connectivity index (χ2n) is 5.45. The molecular weight excluding hydrogens is 232 g/mol. The van der Waals surface area contributed by atoms with Crippen LogP contribution in [0.2, 0.25) is 0 Å². The van der Waals surface area contributed by atoms with Crippen molar-refractivity contribution in [3.8, 4) is 0 Å². The summed E-state index contributed by atoms with van der Waals surface area (Å²) in [5.41, 5.74) is 0.412. The molecule has 0 saturated carbocycles. The molecule has 1 aromatic heterocycles. The monoisotopic (exact) mass is 256 g/mol. The molecule has 17 heavy (non-hydrogen) atoms. The summed E-state index contributed by atoms with van der Waals surface area (Å²) in [6.45, 7) is 11.6. The van der Waals surface area contributed by atoms with Crippen LogP contribution < -0.4 is 5.32 Å². The first-order chi connectivity index (χ1) is 7.83. The Bertz CT molecular complexity index is 345. The molecule has 0 amide bonds. The van der Waals surface area contributed by atoms with Gasteiger partial charge in [0.05, 0.1) is 16.3 Å². The molecule has 98 valence electrons. The van der Waals surface area contributed by atoms with Crippen LogP contribution in [0, 0.1) is 5.92 Å². The number of rotatable bonds is 6. The summed E-state index contributed by atoms with van der Waals surface area (Å²) in [6, 6.07) is 0. The standard InChI is InChI=1S/C13H24N2OS/c1-9(2)12-15-11(7-17-12)6-14-8-13(5,16)10(3)4/h7,9-10,14,16H,6,8H2,1-5H3. The number of hydrogen-bond donors (Lipinski definition) is 2. The second-order valence-corrected chi connectivity index (χ2v) is 6.34. The van der Waals surface area contributed by atoms with Crippen molar-refractivity contribution in [3.05, 3.63) is 16.1 Å². The molecule has 0 spiro atoms. The van der Waals surface area contributed by atoms with E-state index in [1.807, 2.05) is 20.8 Å². The van der Waals surface area contributed by atoms with Gasteiger partial charge in [-0.1, -0.05) is 27.7 Å². The Labute approximate surface area is 108 Å². The SMILES string of the molecule is CC(C)c1nc(CNCC(C)(O)C(C)C)cs1. The van der Waals surface area contributed by atoms with Crippen LogP contribution in [0.25, 0.3) is 0 Å². The first-order valence-electron chi connectivity index (χ1n) is 6.20. The molecule has 0 saturated heterocycles. The van der Waals surface area contributed by atoms with E-state index in [9.17, 15) is 5.11 Å². The zero-order valence-electron chi connectivity index (χ0n) is 11.4. The lowest BCUT2D eigenvalue weighted by molar-refractivity contribution is 0.0139. The number of nitrogens with one attached hydrogen (secondary N) is 1. The van der Waals surface area contributed by atoms with Crippen molar-refractivity contribution < 1.29 is 5.11 Å². The molecule has 0 bridgehead atoms. The highest BCUT2D eigenvalue weighted by Crippen LogP contribution is 2.19. The van der Waals surface area contributed by atoms with Crippen LogP contribution in [0.4, 0.5) is 0 Å². The number of aromatic nitrogens is 1. The van der Waals surface area contributed by atoms with E-state index in [4.69, 9.17) is 0 Å². The van der Waals surface area contributed by atoms with Crippen molar-refractivity contribution in [2.75, 3.05) is 6.54 Å². The van der Waals surface area contributed by atoms with Crippen LogP contribution in [-0.4, -0.2) is 22.2 Å². The van der Waals surface area contributed by atoms with Crippen LogP contribution in [-0.2, 0) is 6.54 Å². The quantitative estimate of drug-likeness (QED) is 0.822. The third-order valence-electron chi connectivity index (χ3n) is 3.10. The van der Waals surface area contributed by atoms with Gasteiger partial charge in [0, 0.05) is 24.4 Å². The Kier molecular flexibility index (Phi) is 5.10. The molecule has 0 fully saturated rings. The maximum Gasteiger partial charge on any atom is 0.0954 e. The predicted octanol–water partition coefficient (Wildman–Crippen LogP) is 2.76. The average Bonchev–Trinajstić information content (AvgIpc) is 2.66. The Balaban J connectivity index is 2.41. The Morgan fingerprint density at radius 1 is 1.41 bits per heavy atom. The minimum absolute atomic E-state index is 0.247. The van der Waals surface area contributed by atoms with Crippen LogP contribution >= 0.6 is 11.3 Å². The Hall–Kier alpha value is -0.450. The van der Waals surface area contributed by atoms with E-state index in [2.05, 4.69) is 29.5 Å². The maximum atomic E-state index is 10.1. The van der Waals surface area contributed by atoms with Gasteiger partial charge in [0.25, 0.3) is 0 Å². The van der Waals surface area contributed by atoms with Gasteiger partial charge < -0.3 is 10.4 Å². The molecule has 1 aromatic rings. The van der Waals surface area contributed by atoms with E-state index < -0.39 is 5.60 Å². The minimum Gasteiger partial charge on any atom is -0.389 e. The lowest BCUT2D eigenvalue weighted by Gasteiger charge is -2.27. The number of hydrogen-bond acceptors (Lipinski definition) is 4. The summed E-state index contributed by atoms with van der Waals surface area (Å²) >= 11 is 1.71. The molecule has 4 heteroatoms. The summed E-state index contributed by atoms with van der Waals surface area (Å²) in [7, 11) is 0. The smallest absolute Gasteiger partial charge is 0.0954 e. The third kappa shape index (κ3) is 4.37. The minimum atomic E-state index is -0.656. The summed E-state index contributed by atoms with van der Waals surface area (Å²) < 4.78 is 0. The molecular formula is C13H24N2OS. The first-order valence-corrected chi connectivity index (χ1v) is 7.08. The molecule has 0 aliphatic heterocycles. The average molecular weight is 256 g/mol.